The normalized spacial score (nSPS) is 14.9. The zero-order valence-corrected chi connectivity index (χ0v) is 11.8. The Hall–Kier alpha value is -0.580. The van der Waals surface area contributed by atoms with Crippen molar-refractivity contribution in [3.8, 4) is 0 Å². The molecule has 1 aromatic carbocycles. The average Bonchev–Trinajstić information content (AvgIpc) is 2.15. The molecular formula is C12H15ClFNOS. The minimum Gasteiger partial charge on any atom is -0.591 e. The Morgan fingerprint density at radius 2 is 2.00 bits per heavy atom. The first-order valence-electron chi connectivity index (χ1n) is 5.14. The summed E-state index contributed by atoms with van der Waals surface area (Å²) in [5.74, 6) is -0.454. The van der Waals surface area contributed by atoms with Crippen LogP contribution < -0.4 is 0 Å². The molecule has 0 saturated heterocycles. The molecule has 5 heteroatoms. The molecule has 0 unspecified atom stereocenters. The van der Waals surface area contributed by atoms with Gasteiger partial charge >= 0.3 is 0 Å². The van der Waals surface area contributed by atoms with Crippen LogP contribution in [0.3, 0.4) is 0 Å². The molecule has 0 N–H and O–H groups in total. The third-order valence-corrected chi connectivity index (χ3v) is 3.79. The van der Waals surface area contributed by atoms with Gasteiger partial charge in [-0.1, -0.05) is 16.0 Å². The van der Waals surface area contributed by atoms with Crippen LogP contribution in [0.2, 0.25) is 5.02 Å². The van der Waals surface area contributed by atoms with E-state index in [0.717, 1.165) is 0 Å². The molecule has 0 amide bonds. The standard InChI is InChI=1S/C12H15ClFNOS/c1-8(15-17(16)12(2,3)4)10-6-5-9(13)7-11(10)14/h5-7H,1-4H3/b15-8+/t17-/m0/s1. The van der Waals surface area contributed by atoms with Crippen LogP contribution in [0, 0.1) is 5.82 Å². The van der Waals surface area contributed by atoms with Gasteiger partial charge in [0.15, 0.2) is 0 Å². The molecule has 0 fully saturated rings. The van der Waals surface area contributed by atoms with Gasteiger partial charge in [-0.3, -0.25) is 0 Å². The first kappa shape index (κ1) is 14.5. The largest absolute Gasteiger partial charge is 0.591 e. The molecule has 2 nitrogen and oxygen atoms in total. The van der Waals surface area contributed by atoms with Gasteiger partial charge in [-0.25, -0.2) is 4.39 Å². The van der Waals surface area contributed by atoms with Crippen molar-refractivity contribution in [1.29, 1.82) is 0 Å². The molecule has 1 atom stereocenters. The first-order valence-corrected chi connectivity index (χ1v) is 6.63. The van der Waals surface area contributed by atoms with Crippen molar-refractivity contribution >= 4 is 28.7 Å². The highest BCUT2D eigenvalue weighted by molar-refractivity contribution is 7.91. The molecule has 17 heavy (non-hydrogen) atoms. The maximum Gasteiger partial charge on any atom is 0.144 e. The van der Waals surface area contributed by atoms with Crippen LogP contribution in [-0.4, -0.2) is 15.0 Å². The summed E-state index contributed by atoms with van der Waals surface area (Å²) in [6.07, 6.45) is 0. The summed E-state index contributed by atoms with van der Waals surface area (Å²) >= 11 is 4.27. The van der Waals surface area contributed by atoms with E-state index in [-0.39, 0.29) is 0 Å². The van der Waals surface area contributed by atoms with Crippen LogP contribution >= 0.6 is 11.6 Å². The Balaban J connectivity index is 3.04. The second-order valence-corrected chi connectivity index (χ2v) is 7.00. The van der Waals surface area contributed by atoms with Crippen molar-refractivity contribution in [2.24, 2.45) is 4.40 Å². The van der Waals surface area contributed by atoms with E-state index in [2.05, 4.69) is 4.40 Å². The lowest BCUT2D eigenvalue weighted by atomic mass is 10.1. The highest BCUT2D eigenvalue weighted by Crippen LogP contribution is 2.20. The third kappa shape index (κ3) is 3.98. The lowest BCUT2D eigenvalue weighted by Gasteiger charge is -2.18. The van der Waals surface area contributed by atoms with Gasteiger partial charge in [0.05, 0.1) is 5.71 Å². The molecule has 0 heterocycles. The van der Waals surface area contributed by atoms with Gasteiger partial charge in [0, 0.05) is 10.6 Å². The third-order valence-electron chi connectivity index (χ3n) is 2.06. The maximum absolute atomic E-state index is 13.6. The Kier molecular flexibility index (Phi) is 4.58. The average molecular weight is 276 g/mol. The number of halogens is 2. The molecule has 0 radical (unpaired) electrons. The highest BCUT2D eigenvalue weighted by Gasteiger charge is 2.27. The van der Waals surface area contributed by atoms with Crippen LogP contribution in [0.1, 0.15) is 33.3 Å². The smallest absolute Gasteiger partial charge is 0.144 e. The monoisotopic (exact) mass is 275 g/mol. The Morgan fingerprint density at radius 1 is 1.41 bits per heavy atom. The highest BCUT2D eigenvalue weighted by atomic mass is 35.5. The summed E-state index contributed by atoms with van der Waals surface area (Å²) in [4.78, 5) is 0. The summed E-state index contributed by atoms with van der Waals surface area (Å²) in [5, 5.41) is 0.330. The van der Waals surface area contributed by atoms with Gasteiger partial charge in [-0.15, -0.1) is 0 Å². The van der Waals surface area contributed by atoms with Crippen molar-refractivity contribution in [3.63, 3.8) is 0 Å². The number of hydrogen-bond donors (Lipinski definition) is 0. The van der Waals surface area contributed by atoms with E-state index in [0.29, 0.717) is 16.3 Å². The summed E-state index contributed by atoms with van der Waals surface area (Å²) < 4.78 is 28.9. The molecule has 0 aliphatic carbocycles. The number of nitrogens with zero attached hydrogens (tertiary/aromatic N) is 1. The van der Waals surface area contributed by atoms with E-state index in [9.17, 15) is 8.94 Å². The fourth-order valence-electron chi connectivity index (χ4n) is 1.09. The van der Waals surface area contributed by atoms with Crippen LogP contribution in [0.5, 0.6) is 0 Å². The van der Waals surface area contributed by atoms with Crippen LogP contribution in [0.15, 0.2) is 22.6 Å². The minimum atomic E-state index is -1.39. The quantitative estimate of drug-likeness (QED) is 0.598. The Morgan fingerprint density at radius 3 is 2.47 bits per heavy atom. The molecule has 1 aromatic rings. The van der Waals surface area contributed by atoms with Crippen LogP contribution in [0.4, 0.5) is 4.39 Å². The topological polar surface area (TPSA) is 35.4 Å². The van der Waals surface area contributed by atoms with Gasteiger partial charge in [-0.05, 0) is 45.9 Å². The summed E-state index contributed by atoms with van der Waals surface area (Å²) in [7, 11) is 0. The zero-order valence-electron chi connectivity index (χ0n) is 10.3. The fraction of sp³-hybridized carbons (Fsp3) is 0.417. The SMILES string of the molecule is C/C(=N\[S@@+]([O-])C(C)(C)C)c1ccc(Cl)cc1F. The van der Waals surface area contributed by atoms with E-state index < -0.39 is 21.9 Å². The number of hydrogen-bond acceptors (Lipinski definition) is 2. The van der Waals surface area contributed by atoms with Crippen LogP contribution in [-0.2, 0) is 11.4 Å². The van der Waals surface area contributed by atoms with Gasteiger partial charge < -0.3 is 4.55 Å². The molecule has 0 aliphatic rings. The molecule has 0 aliphatic heterocycles. The fourth-order valence-corrected chi connectivity index (χ4v) is 1.87. The molecule has 1 rings (SSSR count). The van der Waals surface area contributed by atoms with E-state index in [4.69, 9.17) is 11.6 Å². The van der Waals surface area contributed by atoms with Crippen molar-refractivity contribution in [3.05, 3.63) is 34.6 Å². The number of rotatable bonds is 2. The summed E-state index contributed by atoms with van der Waals surface area (Å²) in [6, 6.07) is 4.34. The van der Waals surface area contributed by atoms with E-state index >= 15 is 0 Å². The predicted molar refractivity (Wildman–Crippen MR) is 71.5 cm³/mol. The van der Waals surface area contributed by atoms with Crippen molar-refractivity contribution in [1.82, 2.24) is 0 Å². The van der Waals surface area contributed by atoms with Crippen molar-refractivity contribution < 1.29 is 8.94 Å². The zero-order chi connectivity index (χ0) is 13.2. The Labute approximate surface area is 109 Å². The molecule has 0 spiro atoms. The summed E-state index contributed by atoms with van der Waals surface area (Å²) in [5.41, 5.74) is 0.736. The second kappa shape index (κ2) is 5.38. The summed E-state index contributed by atoms with van der Waals surface area (Å²) in [6.45, 7) is 7.09. The van der Waals surface area contributed by atoms with Gasteiger partial charge in [0.2, 0.25) is 0 Å². The first-order chi connectivity index (χ1) is 7.71. The number of benzene rings is 1. The maximum atomic E-state index is 13.6. The van der Waals surface area contributed by atoms with Gasteiger partial charge in [-0.2, -0.15) is 0 Å². The van der Waals surface area contributed by atoms with Gasteiger partial charge in [0.25, 0.3) is 0 Å². The molecule has 94 valence electrons. The van der Waals surface area contributed by atoms with Crippen LogP contribution in [0.25, 0.3) is 0 Å². The molecule has 0 aromatic heterocycles. The molecular weight excluding hydrogens is 261 g/mol. The lowest BCUT2D eigenvalue weighted by molar-refractivity contribution is 0.561. The molecule has 0 bridgehead atoms. The van der Waals surface area contributed by atoms with E-state index in [1.807, 2.05) is 20.8 Å². The minimum absolute atomic E-state index is 0.326. The van der Waals surface area contributed by atoms with Crippen molar-refractivity contribution in [2.45, 2.75) is 32.4 Å². The van der Waals surface area contributed by atoms with E-state index in [1.54, 1.807) is 13.0 Å². The van der Waals surface area contributed by atoms with E-state index in [1.165, 1.54) is 12.1 Å². The Bertz CT molecular complexity index is 443. The second-order valence-electron chi connectivity index (χ2n) is 4.66. The van der Waals surface area contributed by atoms with Gasteiger partial charge in [0.1, 0.15) is 21.9 Å². The molecule has 0 saturated carbocycles. The van der Waals surface area contributed by atoms with Crippen molar-refractivity contribution in [2.75, 3.05) is 0 Å². The lowest BCUT2D eigenvalue weighted by Crippen LogP contribution is -2.26. The predicted octanol–water partition coefficient (Wildman–Crippen LogP) is 3.75.